The molecule has 2 aromatic rings. The van der Waals surface area contributed by atoms with Crippen LogP contribution in [-0.4, -0.2) is 37.3 Å². The van der Waals surface area contributed by atoms with Crippen molar-refractivity contribution >= 4 is 28.9 Å². The van der Waals surface area contributed by atoms with Gasteiger partial charge >= 0.3 is 0 Å². The Kier molecular flexibility index (Phi) is 5.16. The van der Waals surface area contributed by atoms with Gasteiger partial charge in [0.2, 0.25) is 12.0 Å². The monoisotopic (exact) mass is 397 g/mol. The summed E-state index contributed by atoms with van der Waals surface area (Å²) in [7, 11) is 1.52. The van der Waals surface area contributed by atoms with E-state index in [9.17, 15) is 14.0 Å². The topological polar surface area (TPSA) is 80.2 Å². The summed E-state index contributed by atoms with van der Waals surface area (Å²) in [5.41, 5.74) is 2.30. The fourth-order valence-electron chi connectivity index (χ4n) is 3.46. The number of methoxy groups -OCH3 is 1. The maximum Gasteiger partial charge on any atom is 0.268 e. The highest BCUT2D eigenvalue weighted by Crippen LogP contribution is 2.34. The predicted octanol–water partition coefficient (Wildman–Crippen LogP) is 3.09. The maximum atomic E-state index is 13.4. The average Bonchev–Trinajstić information content (AvgIpc) is 3.37. The van der Waals surface area contributed by atoms with Crippen LogP contribution in [0, 0.1) is 5.82 Å². The van der Waals surface area contributed by atoms with Gasteiger partial charge in [0.15, 0.2) is 0 Å². The average molecular weight is 397 g/mol. The van der Waals surface area contributed by atoms with Gasteiger partial charge in [-0.1, -0.05) is 17.3 Å². The molecular weight excluding hydrogens is 377 g/mol. The van der Waals surface area contributed by atoms with Crippen LogP contribution in [0.15, 0.2) is 47.6 Å². The maximum absolute atomic E-state index is 13.4. The molecule has 1 atom stereocenters. The smallest absolute Gasteiger partial charge is 0.268 e. The first-order valence-corrected chi connectivity index (χ1v) is 9.33. The van der Waals surface area contributed by atoms with Crippen LogP contribution in [0.4, 0.5) is 15.8 Å². The van der Waals surface area contributed by atoms with E-state index in [0.29, 0.717) is 41.4 Å². The standard InChI is InChI=1S/C21H20FN3O4/c1-28-18-11-15(7-8-17(18)25-9-3-6-20(25)26)23-21(27)19-12-16(24-29-19)13-4-2-5-14(22)10-13/h2,4-5,7-8,10-11,19H,3,6,9,12H2,1H3,(H,23,27). The second kappa shape index (κ2) is 7.90. The number of hydrogen-bond acceptors (Lipinski definition) is 5. The molecule has 0 saturated carbocycles. The van der Waals surface area contributed by atoms with E-state index < -0.39 is 6.10 Å². The number of ether oxygens (including phenoxy) is 1. The molecular formula is C21H20FN3O4. The van der Waals surface area contributed by atoms with Crippen LogP contribution in [-0.2, 0) is 14.4 Å². The second-order valence-electron chi connectivity index (χ2n) is 6.87. The zero-order chi connectivity index (χ0) is 20.4. The predicted molar refractivity (Wildman–Crippen MR) is 106 cm³/mol. The summed E-state index contributed by atoms with van der Waals surface area (Å²) in [6.07, 6.45) is 0.771. The number of carbonyl (C=O) groups is 2. The number of rotatable bonds is 5. The van der Waals surface area contributed by atoms with Crippen molar-refractivity contribution in [2.75, 3.05) is 23.9 Å². The lowest BCUT2D eigenvalue weighted by Gasteiger charge is -2.20. The number of hydrogen-bond donors (Lipinski definition) is 1. The van der Waals surface area contributed by atoms with Crippen molar-refractivity contribution in [3.05, 3.63) is 53.8 Å². The van der Waals surface area contributed by atoms with E-state index in [-0.39, 0.29) is 24.1 Å². The summed E-state index contributed by atoms with van der Waals surface area (Å²) in [5.74, 6) is -0.183. The van der Waals surface area contributed by atoms with Crippen LogP contribution in [0.2, 0.25) is 0 Å². The fourth-order valence-corrected chi connectivity index (χ4v) is 3.46. The highest BCUT2D eigenvalue weighted by molar-refractivity contribution is 6.06. The van der Waals surface area contributed by atoms with Crippen LogP contribution in [0.1, 0.15) is 24.8 Å². The Labute approximate surface area is 167 Å². The molecule has 2 aromatic carbocycles. The Balaban J connectivity index is 1.43. The third-order valence-corrected chi connectivity index (χ3v) is 4.93. The van der Waals surface area contributed by atoms with E-state index in [4.69, 9.17) is 9.57 Å². The van der Waals surface area contributed by atoms with E-state index in [1.54, 1.807) is 35.2 Å². The van der Waals surface area contributed by atoms with Gasteiger partial charge in [-0.15, -0.1) is 0 Å². The highest BCUT2D eigenvalue weighted by atomic mass is 19.1. The molecule has 1 unspecified atom stereocenters. The van der Waals surface area contributed by atoms with Crippen LogP contribution in [0.25, 0.3) is 0 Å². The molecule has 1 saturated heterocycles. The molecule has 1 fully saturated rings. The minimum Gasteiger partial charge on any atom is -0.494 e. The van der Waals surface area contributed by atoms with E-state index >= 15 is 0 Å². The Hall–Kier alpha value is -3.42. The fraction of sp³-hybridized carbons (Fsp3) is 0.286. The largest absolute Gasteiger partial charge is 0.494 e. The van der Waals surface area contributed by atoms with Gasteiger partial charge in [-0.2, -0.15) is 0 Å². The summed E-state index contributed by atoms with van der Waals surface area (Å²) in [6, 6.07) is 11.1. The molecule has 0 aliphatic carbocycles. The SMILES string of the molecule is COc1cc(NC(=O)C2CC(c3cccc(F)c3)=NO2)ccc1N1CCCC1=O. The number of amides is 2. The molecule has 0 bridgehead atoms. The van der Waals surface area contributed by atoms with Crippen molar-refractivity contribution in [2.24, 2.45) is 5.16 Å². The Morgan fingerprint density at radius 2 is 2.17 bits per heavy atom. The number of anilines is 2. The highest BCUT2D eigenvalue weighted by Gasteiger charge is 2.30. The minimum atomic E-state index is -0.806. The molecule has 0 radical (unpaired) electrons. The van der Waals surface area contributed by atoms with Crippen molar-refractivity contribution in [3.8, 4) is 5.75 Å². The zero-order valence-electron chi connectivity index (χ0n) is 15.9. The Bertz CT molecular complexity index is 992. The van der Waals surface area contributed by atoms with E-state index in [0.717, 1.165) is 6.42 Å². The van der Waals surface area contributed by atoms with E-state index in [1.165, 1.54) is 19.2 Å². The number of nitrogens with zero attached hydrogens (tertiary/aromatic N) is 2. The van der Waals surface area contributed by atoms with E-state index in [2.05, 4.69) is 10.5 Å². The third kappa shape index (κ3) is 3.91. The first-order valence-electron chi connectivity index (χ1n) is 9.33. The molecule has 2 aliphatic rings. The molecule has 0 aromatic heterocycles. The van der Waals surface area contributed by atoms with Crippen molar-refractivity contribution < 1.29 is 23.6 Å². The van der Waals surface area contributed by atoms with Crippen molar-refractivity contribution in [1.82, 2.24) is 0 Å². The van der Waals surface area contributed by atoms with Gasteiger partial charge in [-0.3, -0.25) is 9.59 Å². The molecule has 150 valence electrons. The van der Waals surface area contributed by atoms with Gasteiger partial charge in [0, 0.05) is 36.7 Å². The quantitative estimate of drug-likeness (QED) is 0.841. The van der Waals surface area contributed by atoms with Gasteiger partial charge in [0.25, 0.3) is 5.91 Å². The van der Waals surface area contributed by atoms with Crippen LogP contribution >= 0.6 is 0 Å². The molecule has 4 rings (SSSR count). The normalized spacial score (nSPS) is 18.4. The summed E-state index contributed by atoms with van der Waals surface area (Å²) in [5, 5.41) is 6.70. The number of halogens is 1. The molecule has 1 N–H and O–H groups in total. The van der Waals surface area contributed by atoms with Gasteiger partial charge in [0.1, 0.15) is 11.6 Å². The van der Waals surface area contributed by atoms with Crippen LogP contribution in [0.5, 0.6) is 5.75 Å². The number of benzene rings is 2. The Morgan fingerprint density at radius 3 is 2.90 bits per heavy atom. The number of carbonyl (C=O) groups excluding carboxylic acids is 2. The summed E-state index contributed by atoms with van der Waals surface area (Å²) in [6.45, 7) is 0.650. The second-order valence-corrected chi connectivity index (χ2v) is 6.87. The molecule has 0 spiro atoms. The third-order valence-electron chi connectivity index (χ3n) is 4.93. The minimum absolute atomic E-state index is 0.0569. The molecule has 2 aliphatic heterocycles. The van der Waals surface area contributed by atoms with Crippen LogP contribution in [0.3, 0.4) is 0 Å². The summed E-state index contributed by atoms with van der Waals surface area (Å²) in [4.78, 5) is 31.5. The number of nitrogens with one attached hydrogen (secondary N) is 1. The Morgan fingerprint density at radius 1 is 1.31 bits per heavy atom. The lowest BCUT2D eigenvalue weighted by Crippen LogP contribution is -2.28. The zero-order valence-corrected chi connectivity index (χ0v) is 15.9. The molecule has 8 heteroatoms. The molecule has 2 amide bonds. The first kappa shape index (κ1) is 18.9. The molecule has 7 nitrogen and oxygen atoms in total. The summed E-state index contributed by atoms with van der Waals surface area (Å²) < 4.78 is 18.8. The van der Waals surface area contributed by atoms with Crippen LogP contribution < -0.4 is 15.0 Å². The van der Waals surface area contributed by atoms with E-state index in [1.807, 2.05) is 0 Å². The lowest BCUT2D eigenvalue weighted by molar-refractivity contribution is -0.125. The van der Waals surface area contributed by atoms with Crippen molar-refractivity contribution in [3.63, 3.8) is 0 Å². The van der Waals surface area contributed by atoms with Crippen molar-refractivity contribution in [1.29, 1.82) is 0 Å². The van der Waals surface area contributed by atoms with Gasteiger partial charge < -0.3 is 19.8 Å². The first-order chi connectivity index (χ1) is 14.0. The van der Waals surface area contributed by atoms with Gasteiger partial charge in [-0.05, 0) is 30.7 Å². The van der Waals surface area contributed by atoms with Crippen molar-refractivity contribution in [2.45, 2.75) is 25.4 Å². The van der Waals surface area contributed by atoms with Gasteiger partial charge in [0.05, 0.1) is 18.5 Å². The lowest BCUT2D eigenvalue weighted by atomic mass is 10.0. The van der Waals surface area contributed by atoms with Gasteiger partial charge in [-0.25, -0.2) is 4.39 Å². The number of oxime groups is 1. The molecule has 29 heavy (non-hydrogen) atoms. The molecule has 2 heterocycles. The summed E-state index contributed by atoms with van der Waals surface area (Å²) >= 11 is 0.